The van der Waals surface area contributed by atoms with Crippen LogP contribution >= 0.6 is 15.9 Å². The zero-order valence-electron chi connectivity index (χ0n) is 10.6. The second-order valence-electron chi connectivity index (χ2n) is 5.29. The van der Waals surface area contributed by atoms with E-state index in [4.69, 9.17) is 5.73 Å². The topological polar surface area (TPSA) is 38.0 Å². The van der Waals surface area contributed by atoms with E-state index in [1.54, 1.807) is 0 Å². The number of nitrogens with one attached hydrogen (secondary N) is 1. The number of nitrogens with two attached hydrogens (primary N) is 1. The molecule has 0 atom stereocenters. The summed E-state index contributed by atoms with van der Waals surface area (Å²) in [5.41, 5.74) is 9.59. The molecule has 2 nitrogen and oxygen atoms in total. The molecule has 1 aliphatic rings. The summed E-state index contributed by atoms with van der Waals surface area (Å²) in [6.07, 6.45) is 5.37. The summed E-state index contributed by atoms with van der Waals surface area (Å²) < 4.78 is 1.06. The maximum atomic E-state index is 5.87. The summed E-state index contributed by atoms with van der Waals surface area (Å²) >= 11 is 3.57. The van der Waals surface area contributed by atoms with Crippen molar-refractivity contribution >= 4 is 27.3 Å². The molecular formula is C14H21BrN2. The molecule has 0 unspecified atom stereocenters. The first kappa shape index (κ1) is 12.7. The average molecular weight is 297 g/mol. The Morgan fingerprint density at radius 2 is 2.12 bits per heavy atom. The lowest BCUT2D eigenvalue weighted by atomic mass is 10.0. The minimum absolute atomic E-state index is 0.573. The molecule has 0 spiro atoms. The number of hydrogen-bond acceptors (Lipinski definition) is 2. The molecule has 1 aromatic rings. The molecule has 0 saturated heterocycles. The summed E-state index contributed by atoms with van der Waals surface area (Å²) in [4.78, 5) is 0. The number of hydrogen-bond donors (Lipinski definition) is 2. The quantitative estimate of drug-likeness (QED) is 0.794. The Morgan fingerprint density at radius 3 is 2.71 bits per heavy atom. The lowest BCUT2D eigenvalue weighted by molar-refractivity contribution is 0.485. The molecule has 1 aliphatic carbocycles. The minimum Gasteiger partial charge on any atom is -0.398 e. The van der Waals surface area contributed by atoms with Gasteiger partial charge < -0.3 is 11.1 Å². The SMILES string of the molecule is CCCC1(CNc2cc(C)c(N)cc2Br)CC1. The van der Waals surface area contributed by atoms with Crippen LogP contribution in [0.25, 0.3) is 0 Å². The Bertz CT molecular complexity index is 411. The smallest absolute Gasteiger partial charge is 0.0489 e. The van der Waals surface area contributed by atoms with Crippen LogP contribution in [0.15, 0.2) is 16.6 Å². The number of nitrogen functional groups attached to an aromatic ring is 1. The summed E-state index contributed by atoms with van der Waals surface area (Å²) in [5, 5.41) is 3.57. The predicted molar refractivity (Wildman–Crippen MR) is 78.4 cm³/mol. The van der Waals surface area contributed by atoms with E-state index in [2.05, 4.69) is 34.2 Å². The Hall–Kier alpha value is -0.700. The van der Waals surface area contributed by atoms with Gasteiger partial charge in [-0.15, -0.1) is 0 Å². The van der Waals surface area contributed by atoms with Crippen LogP contribution in [0.4, 0.5) is 11.4 Å². The molecule has 1 saturated carbocycles. The third-order valence-electron chi connectivity index (χ3n) is 3.75. The summed E-state index contributed by atoms with van der Waals surface area (Å²) in [5.74, 6) is 0. The van der Waals surface area contributed by atoms with Gasteiger partial charge in [-0.25, -0.2) is 0 Å². The second-order valence-corrected chi connectivity index (χ2v) is 6.15. The van der Waals surface area contributed by atoms with Crippen molar-refractivity contribution < 1.29 is 0 Å². The van der Waals surface area contributed by atoms with Crippen molar-refractivity contribution in [2.24, 2.45) is 5.41 Å². The van der Waals surface area contributed by atoms with Gasteiger partial charge in [0.25, 0.3) is 0 Å². The molecule has 0 amide bonds. The Balaban J connectivity index is 2.02. The van der Waals surface area contributed by atoms with E-state index in [0.29, 0.717) is 5.41 Å². The van der Waals surface area contributed by atoms with E-state index in [1.165, 1.54) is 31.4 Å². The molecule has 1 aromatic carbocycles. The molecule has 0 aliphatic heterocycles. The predicted octanol–water partition coefficient (Wildman–Crippen LogP) is 4.33. The van der Waals surface area contributed by atoms with Crippen LogP contribution < -0.4 is 11.1 Å². The molecule has 94 valence electrons. The van der Waals surface area contributed by atoms with Gasteiger partial charge in [-0.3, -0.25) is 0 Å². The first-order valence-corrected chi connectivity index (χ1v) is 7.15. The summed E-state index contributed by atoms with van der Waals surface area (Å²) in [7, 11) is 0. The van der Waals surface area contributed by atoms with Gasteiger partial charge in [0.1, 0.15) is 0 Å². The minimum atomic E-state index is 0.573. The van der Waals surface area contributed by atoms with Crippen molar-refractivity contribution in [2.75, 3.05) is 17.6 Å². The second kappa shape index (κ2) is 4.89. The van der Waals surface area contributed by atoms with Gasteiger partial charge in [0.05, 0.1) is 0 Å². The van der Waals surface area contributed by atoms with E-state index in [0.717, 1.165) is 22.3 Å². The van der Waals surface area contributed by atoms with Crippen molar-refractivity contribution in [3.05, 3.63) is 22.2 Å². The largest absolute Gasteiger partial charge is 0.398 e. The fourth-order valence-electron chi connectivity index (χ4n) is 2.34. The molecule has 0 bridgehead atoms. The van der Waals surface area contributed by atoms with E-state index < -0.39 is 0 Å². The van der Waals surface area contributed by atoms with Crippen molar-refractivity contribution in [3.8, 4) is 0 Å². The number of anilines is 2. The zero-order chi connectivity index (χ0) is 12.5. The number of halogens is 1. The summed E-state index contributed by atoms with van der Waals surface area (Å²) in [6.45, 7) is 5.40. The van der Waals surface area contributed by atoms with Crippen LogP contribution in [-0.4, -0.2) is 6.54 Å². The van der Waals surface area contributed by atoms with Crippen LogP contribution in [0.1, 0.15) is 38.2 Å². The summed E-state index contributed by atoms with van der Waals surface area (Å²) in [6, 6.07) is 4.11. The Labute approximate surface area is 112 Å². The molecule has 0 heterocycles. The fourth-order valence-corrected chi connectivity index (χ4v) is 2.84. The number of rotatable bonds is 5. The van der Waals surface area contributed by atoms with Gasteiger partial charge >= 0.3 is 0 Å². The molecule has 17 heavy (non-hydrogen) atoms. The van der Waals surface area contributed by atoms with E-state index >= 15 is 0 Å². The van der Waals surface area contributed by atoms with Crippen LogP contribution in [0, 0.1) is 12.3 Å². The molecular weight excluding hydrogens is 276 g/mol. The van der Waals surface area contributed by atoms with Crippen molar-refractivity contribution in [3.63, 3.8) is 0 Å². The lowest BCUT2D eigenvalue weighted by Gasteiger charge is -2.17. The van der Waals surface area contributed by atoms with Crippen LogP contribution in [-0.2, 0) is 0 Å². The van der Waals surface area contributed by atoms with E-state index in [9.17, 15) is 0 Å². The zero-order valence-corrected chi connectivity index (χ0v) is 12.2. The third kappa shape index (κ3) is 2.95. The number of benzene rings is 1. The Kier molecular flexibility index (Phi) is 3.67. The normalized spacial score (nSPS) is 16.9. The molecule has 0 aromatic heterocycles. The van der Waals surface area contributed by atoms with Crippen molar-refractivity contribution in [1.29, 1.82) is 0 Å². The van der Waals surface area contributed by atoms with Gasteiger partial charge in [-0.1, -0.05) is 13.3 Å². The maximum Gasteiger partial charge on any atom is 0.0489 e. The highest BCUT2D eigenvalue weighted by Gasteiger charge is 2.41. The van der Waals surface area contributed by atoms with Gasteiger partial charge in [0.15, 0.2) is 0 Å². The standard InChI is InChI=1S/C14H21BrN2/c1-3-4-14(5-6-14)9-17-13-7-10(2)12(16)8-11(13)15/h7-8,17H,3-6,9,16H2,1-2H3. The highest BCUT2D eigenvalue weighted by Crippen LogP contribution is 2.49. The third-order valence-corrected chi connectivity index (χ3v) is 4.40. The van der Waals surface area contributed by atoms with Gasteiger partial charge in [-0.05, 0) is 65.2 Å². The van der Waals surface area contributed by atoms with Gasteiger partial charge in [0, 0.05) is 22.4 Å². The highest BCUT2D eigenvalue weighted by atomic mass is 79.9. The first-order valence-electron chi connectivity index (χ1n) is 6.36. The van der Waals surface area contributed by atoms with Crippen LogP contribution in [0.2, 0.25) is 0 Å². The highest BCUT2D eigenvalue weighted by molar-refractivity contribution is 9.10. The van der Waals surface area contributed by atoms with E-state index in [-0.39, 0.29) is 0 Å². The Morgan fingerprint density at radius 1 is 1.41 bits per heavy atom. The first-order chi connectivity index (χ1) is 8.06. The molecule has 0 radical (unpaired) electrons. The van der Waals surface area contributed by atoms with E-state index in [1.807, 2.05) is 13.0 Å². The number of aryl methyl sites for hydroxylation is 1. The molecule has 3 heteroatoms. The molecule has 1 fully saturated rings. The van der Waals surface area contributed by atoms with Gasteiger partial charge in [-0.2, -0.15) is 0 Å². The fraction of sp³-hybridized carbons (Fsp3) is 0.571. The van der Waals surface area contributed by atoms with Crippen LogP contribution in [0.3, 0.4) is 0 Å². The van der Waals surface area contributed by atoms with Gasteiger partial charge in [0.2, 0.25) is 0 Å². The molecule has 3 N–H and O–H groups in total. The van der Waals surface area contributed by atoms with Crippen molar-refractivity contribution in [2.45, 2.75) is 39.5 Å². The van der Waals surface area contributed by atoms with Crippen LogP contribution in [0.5, 0.6) is 0 Å². The lowest BCUT2D eigenvalue weighted by Crippen LogP contribution is -2.15. The van der Waals surface area contributed by atoms with Crippen molar-refractivity contribution in [1.82, 2.24) is 0 Å². The molecule has 2 rings (SSSR count). The average Bonchev–Trinajstić information content (AvgIpc) is 3.03. The maximum absolute atomic E-state index is 5.87. The monoisotopic (exact) mass is 296 g/mol.